The number of carbonyl (C=O) groups excluding carboxylic acids is 1. The molecule has 20 heavy (non-hydrogen) atoms. The van der Waals surface area contributed by atoms with Crippen LogP contribution in [0.4, 0.5) is 0 Å². The molecular weight excluding hydrogens is 248 g/mol. The van der Waals surface area contributed by atoms with Crippen molar-refractivity contribution in [3.63, 3.8) is 0 Å². The second-order valence-corrected chi connectivity index (χ2v) is 6.08. The zero-order chi connectivity index (χ0) is 14.0. The maximum Gasteiger partial charge on any atom is 0.240 e. The lowest BCUT2D eigenvalue weighted by atomic mass is 9.84. The molecule has 0 saturated heterocycles. The van der Waals surface area contributed by atoms with Crippen LogP contribution in [-0.2, 0) is 17.6 Å². The third-order valence-corrected chi connectivity index (χ3v) is 4.79. The molecule has 1 fully saturated rings. The molecule has 1 aromatic rings. The van der Waals surface area contributed by atoms with E-state index in [2.05, 4.69) is 35.7 Å². The molecule has 0 radical (unpaired) electrons. The quantitative estimate of drug-likeness (QED) is 0.896. The maximum atomic E-state index is 12.4. The van der Waals surface area contributed by atoms with Crippen LogP contribution >= 0.6 is 0 Å². The smallest absolute Gasteiger partial charge is 0.240 e. The SMILES string of the molecule is N#CC1(C(=O)NC2CCc3ccccc3C2)CCCC1. The van der Waals surface area contributed by atoms with E-state index in [1.54, 1.807) is 0 Å². The summed E-state index contributed by atoms with van der Waals surface area (Å²) in [4.78, 5) is 12.4. The lowest BCUT2D eigenvalue weighted by Gasteiger charge is -2.28. The number of nitrogens with one attached hydrogen (secondary N) is 1. The average Bonchev–Trinajstić information content (AvgIpc) is 2.97. The van der Waals surface area contributed by atoms with Gasteiger partial charge in [0.15, 0.2) is 0 Å². The van der Waals surface area contributed by atoms with Crippen molar-refractivity contribution in [2.75, 3.05) is 0 Å². The highest BCUT2D eigenvalue weighted by atomic mass is 16.2. The van der Waals surface area contributed by atoms with Crippen molar-refractivity contribution >= 4 is 5.91 Å². The molecule has 1 atom stereocenters. The van der Waals surface area contributed by atoms with Gasteiger partial charge in [-0.05, 0) is 43.2 Å². The lowest BCUT2D eigenvalue weighted by Crippen LogP contribution is -2.46. The summed E-state index contributed by atoms with van der Waals surface area (Å²) in [6.45, 7) is 0. The van der Waals surface area contributed by atoms with Crippen molar-refractivity contribution in [2.45, 2.75) is 51.0 Å². The first kappa shape index (κ1) is 13.2. The van der Waals surface area contributed by atoms with Crippen LogP contribution in [0, 0.1) is 16.7 Å². The van der Waals surface area contributed by atoms with Gasteiger partial charge in [-0.25, -0.2) is 0 Å². The number of aryl methyl sites for hydroxylation is 1. The van der Waals surface area contributed by atoms with Crippen LogP contribution in [-0.4, -0.2) is 11.9 Å². The second-order valence-electron chi connectivity index (χ2n) is 6.08. The number of hydrogen-bond acceptors (Lipinski definition) is 2. The molecule has 104 valence electrons. The van der Waals surface area contributed by atoms with Crippen molar-refractivity contribution in [2.24, 2.45) is 5.41 Å². The van der Waals surface area contributed by atoms with Gasteiger partial charge >= 0.3 is 0 Å². The molecule has 2 aliphatic rings. The summed E-state index contributed by atoms with van der Waals surface area (Å²) in [5, 5.41) is 12.5. The van der Waals surface area contributed by atoms with Gasteiger partial charge in [0.25, 0.3) is 0 Å². The Morgan fingerprint density at radius 1 is 1.25 bits per heavy atom. The molecule has 1 unspecified atom stereocenters. The van der Waals surface area contributed by atoms with E-state index in [0.29, 0.717) is 0 Å². The Hall–Kier alpha value is -1.82. The van der Waals surface area contributed by atoms with Gasteiger partial charge in [-0.1, -0.05) is 37.1 Å². The Labute approximate surface area is 120 Å². The van der Waals surface area contributed by atoms with E-state index in [0.717, 1.165) is 44.9 Å². The zero-order valence-electron chi connectivity index (χ0n) is 11.7. The number of benzene rings is 1. The molecule has 0 heterocycles. The summed E-state index contributed by atoms with van der Waals surface area (Å²) in [6, 6.07) is 10.9. The van der Waals surface area contributed by atoms with Gasteiger partial charge in [0.2, 0.25) is 5.91 Å². The predicted octanol–water partition coefficient (Wildman–Crippen LogP) is 2.74. The highest BCUT2D eigenvalue weighted by Crippen LogP contribution is 2.38. The van der Waals surface area contributed by atoms with Crippen molar-refractivity contribution in [1.82, 2.24) is 5.32 Å². The largest absolute Gasteiger partial charge is 0.352 e. The molecule has 0 aliphatic heterocycles. The monoisotopic (exact) mass is 268 g/mol. The van der Waals surface area contributed by atoms with Crippen LogP contribution in [0.25, 0.3) is 0 Å². The van der Waals surface area contributed by atoms with Gasteiger partial charge in [0.1, 0.15) is 5.41 Å². The van der Waals surface area contributed by atoms with Crippen molar-refractivity contribution in [1.29, 1.82) is 5.26 Å². The van der Waals surface area contributed by atoms with Gasteiger partial charge in [0, 0.05) is 6.04 Å². The fourth-order valence-electron chi connectivity index (χ4n) is 3.51. The number of nitriles is 1. The Morgan fingerprint density at radius 3 is 2.65 bits per heavy atom. The highest BCUT2D eigenvalue weighted by molar-refractivity contribution is 5.86. The van der Waals surface area contributed by atoms with Crippen molar-refractivity contribution in [3.05, 3.63) is 35.4 Å². The van der Waals surface area contributed by atoms with Crippen molar-refractivity contribution in [3.8, 4) is 6.07 Å². The standard InChI is InChI=1S/C17H20N2O/c18-12-17(9-3-4-10-17)16(20)19-15-8-7-13-5-1-2-6-14(13)11-15/h1-2,5-6,15H,3-4,7-11H2,(H,19,20). The minimum atomic E-state index is -0.753. The average molecular weight is 268 g/mol. The Kier molecular flexibility index (Phi) is 3.48. The summed E-state index contributed by atoms with van der Waals surface area (Å²) in [6.07, 6.45) is 6.31. The molecule has 2 aliphatic carbocycles. The maximum absolute atomic E-state index is 12.4. The number of carbonyl (C=O) groups is 1. The molecule has 3 heteroatoms. The number of fused-ring (bicyclic) bond motifs is 1. The molecule has 1 amide bonds. The number of nitrogens with zero attached hydrogens (tertiary/aromatic N) is 1. The highest BCUT2D eigenvalue weighted by Gasteiger charge is 2.42. The number of rotatable bonds is 2. The van der Waals surface area contributed by atoms with E-state index >= 15 is 0 Å². The van der Waals surface area contributed by atoms with Gasteiger partial charge < -0.3 is 5.32 Å². The summed E-state index contributed by atoms with van der Waals surface area (Å²) in [5.41, 5.74) is 1.98. The molecule has 0 bridgehead atoms. The normalized spacial score (nSPS) is 23.6. The third-order valence-electron chi connectivity index (χ3n) is 4.79. The molecule has 3 rings (SSSR count). The second kappa shape index (κ2) is 5.28. The molecule has 1 N–H and O–H groups in total. The van der Waals surface area contributed by atoms with Crippen LogP contribution < -0.4 is 5.32 Å². The molecule has 0 aromatic heterocycles. The van der Waals surface area contributed by atoms with Crippen LogP contribution in [0.1, 0.15) is 43.2 Å². The minimum Gasteiger partial charge on any atom is -0.352 e. The van der Waals surface area contributed by atoms with Crippen LogP contribution in [0.5, 0.6) is 0 Å². The lowest BCUT2D eigenvalue weighted by molar-refractivity contribution is -0.128. The summed E-state index contributed by atoms with van der Waals surface area (Å²) < 4.78 is 0. The first-order valence-corrected chi connectivity index (χ1v) is 7.52. The van der Waals surface area contributed by atoms with Crippen LogP contribution in [0.3, 0.4) is 0 Å². The van der Waals surface area contributed by atoms with E-state index in [4.69, 9.17) is 0 Å². The topological polar surface area (TPSA) is 52.9 Å². The Morgan fingerprint density at radius 2 is 1.95 bits per heavy atom. The molecule has 1 aromatic carbocycles. The summed E-state index contributed by atoms with van der Waals surface area (Å²) >= 11 is 0. The first-order chi connectivity index (χ1) is 9.73. The Balaban J connectivity index is 1.68. The van der Waals surface area contributed by atoms with Gasteiger partial charge in [-0.15, -0.1) is 0 Å². The first-order valence-electron chi connectivity index (χ1n) is 7.52. The molecular formula is C17H20N2O. The van der Waals surface area contributed by atoms with Crippen molar-refractivity contribution < 1.29 is 4.79 Å². The zero-order valence-corrected chi connectivity index (χ0v) is 11.7. The van der Waals surface area contributed by atoms with E-state index < -0.39 is 5.41 Å². The molecule has 3 nitrogen and oxygen atoms in total. The van der Waals surface area contributed by atoms with E-state index in [1.165, 1.54) is 11.1 Å². The Bertz CT molecular complexity index is 552. The number of hydrogen-bond donors (Lipinski definition) is 1. The minimum absolute atomic E-state index is 0.0399. The fourth-order valence-corrected chi connectivity index (χ4v) is 3.51. The van der Waals surface area contributed by atoms with E-state index in [9.17, 15) is 10.1 Å². The van der Waals surface area contributed by atoms with E-state index in [1.807, 2.05) is 0 Å². The summed E-state index contributed by atoms with van der Waals surface area (Å²) in [5.74, 6) is -0.0399. The van der Waals surface area contributed by atoms with Gasteiger partial charge in [0.05, 0.1) is 6.07 Å². The molecule has 1 saturated carbocycles. The van der Waals surface area contributed by atoms with Gasteiger partial charge in [-0.2, -0.15) is 5.26 Å². The van der Waals surface area contributed by atoms with Gasteiger partial charge in [-0.3, -0.25) is 4.79 Å². The number of amides is 1. The summed E-state index contributed by atoms with van der Waals surface area (Å²) in [7, 11) is 0. The third kappa shape index (κ3) is 2.31. The molecule has 0 spiro atoms. The van der Waals surface area contributed by atoms with E-state index in [-0.39, 0.29) is 11.9 Å². The predicted molar refractivity (Wildman–Crippen MR) is 76.9 cm³/mol. The fraction of sp³-hybridized carbons (Fsp3) is 0.529. The van der Waals surface area contributed by atoms with Crippen LogP contribution in [0.2, 0.25) is 0 Å². The van der Waals surface area contributed by atoms with Crippen LogP contribution in [0.15, 0.2) is 24.3 Å².